The van der Waals surface area contributed by atoms with E-state index >= 15 is 0 Å². The van der Waals surface area contributed by atoms with E-state index in [2.05, 4.69) is 22.3 Å². The predicted octanol–water partition coefficient (Wildman–Crippen LogP) is 4.23. The lowest BCUT2D eigenvalue weighted by atomic mass is 9.97. The Bertz CT molecular complexity index is 1160. The van der Waals surface area contributed by atoms with E-state index in [9.17, 15) is 4.79 Å². The molecule has 0 aliphatic carbocycles. The van der Waals surface area contributed by atoms with Crippen molar-refractivity contribution in [1.29, 1.82) is 0 Å². The number of rotatable bonds is 3. The molecule has 5 rings (SSSR count). The Kier molecular flexibility index (Phi) is 4.11. The van der Waals surface area contributed by atoms with Crippen LogP contribution in [0.15, 0.2) is 51.6 Å². The zero-order chi connectivity index (χ0) is 19.1. The van der Waals surface area contributed by atoms with Gasteiger partial charge in [-0.05, 0) is 36.6 Å². The molecule has 1 saturated heterocycles. The molecule has 0 saturated carbocycles. The van der Waals surface area contributed by atoms with Gasteiger partial charge in [0.05, 0.1) is 18.6 Å². The molecule has 2 aromatic carbocycles. The van der Waals surface area contributed by atoms with Crippen molar-refractivity contribution >= 4 is 27.6 Å². The molecule has 1 amide bonds. The second-order valence-corrected chi connectivity index (χ2v) is 7.46. The minimum atomic E-state index is 0.108. The smallest absolute Gasteiger partial charge is 0.231 e. The van der Waals surface area contributed by atoms with Crippen LogP contribution in [-0.4, -0.2) is 34.0 Å². The van der Waals surface area contributed by atoms with Crippen molar-refractivity contribution in [3.8, 4) is 0 Å². The highest BCUT2D eigenvalue weighted by molar-refractivity contribution is 6.08. The highest BCUT2D eigenvalue weighted by Crippen LogP contribution is 2.31. The summed E-state index contributed by atoms with van der Waals surface area (Å²) in [6, 6.07) is 12.2. The third-order valence-electron chi connectivity index (χ3n) is 5.55. The van der Waals surface area contributed by atoms with E-state index in [4.69, 9.17) is 8.94 Å². The van der Waals surface area contributed by atoms with Crippen LogP contribution in [0.2, 0.25) is 0 Å². The van der Waals surface area contributed by atoms with E-state index in [0.717, 1.165) is 46.7 Å². The maximum atomic E-state index is 13.0. The molecular weight excluding hydrogens is 354 g/mol. The number of aryl methyl sites for hydroxylation is 1. The SMILES string of the molecule is Cc1noc(C2CCCN(C(=O)Cc3coc4ccc5ccccc5c34)C2)n1. The zero-order valence-electron chi connectivity index (χ0n) is 15.7. The topological polar surface area (TPSA) is 72.4 Å². The van der Waals surface area contributed by atoms with Gasteiger partial charge < -0.3 is 13.8 Å². The highest BCUT2D eigenvalue weighted by atomic mass is 16.5. The van der Waals surface area contributed by atoms with Gasteiger partial charge in [0.15, 0.2) is 5.82 Å². The summed E-state index contributed by atoms with van der Waals surface area (Å²) in [5, 5.41) is 7.19. The van der Waals surface area contributed by atoms with Crippen molar-refractivity contribution in [2.75, 3.05) is 13.1 Å². The molecule has 2 aromatic heterocycles. The number of furan rings is 1. The van der Waals surface area contributed by atoms with Crippen LogP contribution in [0, 0.1) is 6.92 Å². The second-order valence-electron chi connectivity index (χ2n) is 7.46. The number of aromatic nitrogens is 2. The molecule has 1 atom stereocenters. The molecule has 4 aromatic rings. The Morgan fingerprint density at radius 1 is 1.25 bits per heavy atom. The molecule has 0 bridgehead atoms. The van der Waals surface area contributed by atoms with Crippen LogP contribution in [0.25, 0.3) is 21.7 Å². The summed E-state index contributed by atoms with van der Waals surface area (Å²) >= 11 is 0. The molecule has 0 N–H and O–H groups in total. The largest absolute Gasteiger partial charge is 0.464 e. The number of piperidine rings is 1. The van der Waals surface area contributed by atoms with E-state index in [0.29, 0.717) is 24.7 Å². The number of amides is 1. The van der Waals surface area contributed by atoms with E-state index in [1.165, 1.54) is 0 Å². The van der Waals surface area contributed by atoms with Crippen molar-refractivity contribution in [1.82, 2.24) is 15.0 Å². The van der Waals surface area contributed by atoms with E-state index in [-0.39, 0.29) is 11.8 Å². The van der Waals surface area contributed by atoms with E-state index in [1.54, 1.807) is 6.26 Å². The Morgan fingerprint density at radius 2 is 2.14 bits per heavy atom. The van der Waals surface area contributed by atoms with E-state index < -0.39 is 0 Å². The maximum absolute atomic E-state index is 13.0. The van der Waals surface area contributed by atoms with Crippen molar-refractivity contribution in [2.45, 2.75) is 32.1 Å². The molecule has 142 valence electrons. The van der Waals surface area contributed by atoms with Gasteiger partial charge in [-0.2, -0.15) is 4.98 Å². The van der Waals surface area contributed by atoms with Crippen molar-refractivity contribution in [2.24, 2.45) is 0 Å². The first-order chi connectivity index (χ1) is 13.7. The molecule has 3 heterocycles. The third kappa shape index (κ3) is 2.95. The number of hydrogen-bond donors (Lipinski definition) is 0. The molecule has 6 nitrogen and oxygen atoms in total. The number of benzene rings is 2. The summed E-state index contributed by atoms with van der Waals surface area (Å²) in [6.07, 6.45) is 3.95. The first kappa shape index (κ1) is 17.0. The fourth-order valence-corrected chi connectivity index (χ4v) is 4.16. The van der Waals surface area contributed by atoms with Gasteiger partial charge in [-0.15, -0.1) is 0 Å². The van der Waals surface area contributed by atoms with Crippen LogP contribution in [0.3, 0.4) is 0 Å². The van der Waals surface area contributed by atoms with Crippen LogP contribution in [0.4, 0.5) is 0 Å². The normalized spacial score (nSPS) is 17.5. The van der Waals surface area contributed by atoms with Crippen LogP contribution in [-0.2, 0) is 11.2 Å². The lowest BCUT2D eigenvalue weighted by Gasteiger charge is -2.31. The predicted molar refractivity (Wildman–Crippen MR) is 105 cm³/mol. The van der Waals surface area contributed by atoms with Gasteiger partial charge in [-0.1, -0.05) is 35.5 Å². The molecule has 1 unspecified atom stereocenters. The summed E-state index contributed by atoms with van der Waals surface area (Å²) in [4.78, 5) is 19.3. The number of carbonyl (C=O) groups is 1. The second kappa shape index (κ2) is 6.78. The van der Waals surface area contributed by atoms with Crippen LogP contribution >= 0.6 is 0 Å². The Labute approximate surface area is 162 Å². The third-order valence-corrected chi connectivity index (χ3v) is 5.55. The molecule has 1 fully saturated rings. The van der Waals surface area contributed by atoms with Gasteiger partial charge in [0, 0.05) is 24.0 Å². The molecule has 28 heavy (non-hydrogen) atoms. The van der Waals surface area contributed by atoms with Crippen molar-refractivity contribution in [3.63, 3.8) is 0 Å². The highest BCUT2D eigenvalue weighted by Gasteiger charge is 2.28. The van der Waals surface area contributed by atoms with Gasteiger partial charge in [-0.25, -0.2) is 0 Å². The maximum Gasteiger partial charge on any atom is 0.231 e. The van der Waals surface area contributed by atoms with Crippen LogP contribution < -0.4 is 0 Å². The van der Waals surface area contributed by atoms with Crippen LogP contribution in [0.1, 0.15) is 36.0 Å². The summed E-state index contributed by atoms with van der Waals surface area (Å²) in [5.41, 5.74) is 1.76. The van der Waals surface area contributed by atoms with Gasteiger partial charge in [0.2, 0.25) is 11.8 Å². The zero-order valence-corrected chi connectivity index (χ0v) is 15.7. The lowest BCUT2D eigenvalue weighted by molar-refractivity contribution is -0.131. The number of fused-ring (bicyclic) bond motifs is 3. The van der Waals surface area contributed by atoms with Crippen molar-refractivity contribution in [3.05, 3.63) is 59.9 Å². The molecule has 1 aliphatic heterocycles. The average Bonchev–Trinajstić information content (AvgIpc) is 3.34. The van der Waals surface area contributed by atoms with Crippen molar-refractivity contribution < 1.29 is 13.7 Å². The Hall–Kier alpha value is -3.15. The molecule has 6 heteroatoms. The monoisotopic (exact) mass is 375 g/mol. The molecular formula is C22H21N3O3. The summed E-state index contributed by atoms with van der Waals surface area (Å²) in [5.74, 6) is 1.49. The quantitative estimate of drug-likeness (QED) is 0.536. The first-order valence-corrected chi connectivity index (χ1v) is 9.65. The van der Waals surface area contributed by atoms with Gasteiger partial charge in [0.25, 0.3) is 0 Å². The molecule has 0 radical (unpaired) electrons. The van der Waals surface area contributed by atoms with Gasteiger partial charge >= 0.3 is 0 Å². The first-order valence-electron chi connectivity index (χ1n) is 9.65. The average molecular weight is 375 g/mol. The lowest BCUT2D eigenvalue weighted by Crippen LogP contribution is -2.40. The summed E-state index contributed by atoms with van der Waals surface area (Å²) in [6.45, 7) is 3.20. The minimum Gasteiger partial charge on any atom is -0.464 e. The van der Waals surface area contributed by atoms with Crippen LogP contribution in [0.5, 0.6) is 0 Å². The number of carbonyl (C=O) groups excluding carboxylic acids is 1. The molecule has 1 aliphatic rings. The summed E-state index contributed by atoms with van der Waals surface area (Å²) in [7, 11) is 0. The van der Waals surface area contributed by atoms with Gasteiger partial charge in [0.1, 0.15) is 5.58 Å². The fraction of sp³-hybridized carbons (Fsp3) is 0.318. The number of likely N-dealkylation sites (tertiary alicyclic amines) is 1. The minimum absolute atomic E-state index is 0.108. The number of nitrogens with zero attached hydrogens (tertiary/aromatic N) is 3. The number of hydrogen-bond acceptors (Lipinski definition) is 5. The molecule has 0 spiro atoms. The van der Waals surface area contributed by atoms with E-state index in [1.807, 2.05) is 36.1 Å². The standard InChI is InChI=1S/C22H21N3O3/c1-14-23-22(28-24-14)16-6-4-10-25(12-16)20(26)11-17-13-27-19-9-8-15-5-2-3-7-18(15)21(17)19/h2-3,5,7-9,13,16H,4,6,10-12H2,1H3. The summed E-state index contributed by atoms with van der Waals surface area (Å²) < 4.78 is 11.1. The fourth-order valence-electron chi connectivity index (χ4n) is 4.16. The Morgan fingerprint density at radius 3 is 3.00 bits per heavy atom. The van der Waals surface area contributed by atoms with Gasteiger partial charge in [-0.3, -0.25) is 4.79 Å². The Balaban J connectivity index is 1.40.